The van der Waals surface area contributed by atoms with Gasteiger partial charge in [-0.25, -0.2) is 0 Å². The number of ether oxygens (including phenoxy) is 1. The lowest BCUT2D eigenvalue weighted by molar-refractivity contribution is -0.518. The lowest BCUT2D eigenvalue weighted by atomic mass is 10.0. The van der Waals surface area contributed by atoms with Gasteiger partial charge in [-0.15, -0.1) is 0 Å². The Balaban J connectivity index is 3.29. The lowest BCUT2D eigenvalue weighted by Crippen LogP contribution is -2.14. The molecule has 0 fully saturated rings. The van der Waals surface area contributed by atoms with Crippen LogP contribution in [0, 0.1) is 10.1 Å². The van der Waals surface area contributed by atoms with Crippen LogP contribution in [0.4, 0.5) is 0 Å². The Morgan fingerprint density at radius 2 is 1.85 bits per heavy atom. The second-order valence-electron chi connectivity index (χ2n) is 5.14. The summed E-state index contributed by atoms with van der Waals surface area (Å²) in [5.41, 5.74) is 0.205. The number of nitrogens with zero attached hydrogens (tertiary/aromatic N) is 2. The van der Waals surface area contributed by atoms with Gasteiger partial charge in [-0.05, 0) is 51.1 Å². The zero-order chi connectivity index (χ0) is 19.7. The molecule has 0 aromatic heterocycles. The van der Waals surface area contributed by atoms with Crippen LogP contribution >= 0.6 is 7.60 Å². The molecule has 0 aliphatic carbocycles. The van der Waals surface area contributed by atoms with Gasteiger partial charge in [0.2, 0.25) is 0 Å². The molecule has 26 heavy (non-hydrogen) atoms. The molecule has 0 saturated carbocycles. The second-order valence-corrected chi connectivity index (χ2v) is 7.11. The van der Waals surface area contributed by atoms with Crippen LogP contribution in [0.1, 0.15) is 32.4 Å². The Morgan fingerprint density at radius 1 is 1.31 bits per heavy atom. The molecule has 0 amide bonds. The van der Waals surface area contributed by atoms with Crippen LogP contribution in [0.5, 0.6) is 5.75 Å². The largest absolute Gasteiger partial charge is 0.497 e. The van der Waals surface area contributed by atoms with Crippen LogP contribution in [-0.4, -0.2) is 35.9 Å². The fraction of sp³-hybridized carbons (Fsp3) is 0.438. The summed E-state index contributed by atoms with van der Waals surface area (Å²) in [6.45, 7) is 4.80. The predicted molar refractivity (Wildman–Crippen MR) is 96.6 cm³/mol. The van der Waals surface area contributed by atoms with Crippen LogP contribution in [-0.2, 0) is 13.6 Å². The molecule has 1 aromatic rings. The fourth-order valence-corrected chi connectivity index (χ4v) is 3.78. The molecule has 0 aliphatic rings. The van der Waals surface area contributed by atoms with E-state index < -0.39 is 18.6 Å². The van der Waals surface area contributed by atoms with E-state index in [4.69, 9.17) is 13.8 Å². The molecule has 1 unspecified atom stereocenters. The van der Waals surface area contributed by atoms with E-state index in [0.29, 0.717) is 11.3 Å². The maximum Gasteiger partial charge on any atom is 0.382 e. The Labute approximate surface area is 151 Å². The minimum absolute atomic E-state index is 0.0559. The van der Waals surface area contributed by atoms with Gasteiger partial charge in [0.25, 0.3) is 6.04 Å². The summed E-state index contributed by atoms with van der Waals surface area (Å²) in [7, 11) is -2.38. The molecule has 0 aliphatic heterocycles. The molecule has 1 atom stereocenters. The summed E-state index contributed by atoms with van der Waals surface area (Å²) in [5.74, 6) is 0.562. The Hall–Kier alpha value is -2.22. The quantitative estimate of drug-likeness (QED) is 0.212. The number of methoxy groups -OCH3 is 1. The van der Waals surface area contributed by atoms with Gasteiger partial charge in [-0.2, -0.15) is 0 Å². The number of allylic oxidation sites excluding steroid dienone is 1. The Bertz CT molecular complexity index is 706. The number of benzene rings is 1. The van der Waals surface area contributed by atoms with Crippen LogP contribution < -0.4 is 4.74 Å². The SMILES string of the molecule is CCOP(=O)(OCC)C(/C=C(\C)C(c1ccc(OC)cc1)[N+](=O)[O-])=N\O. The molecule has 1 aromatic carbocycles. The van der Waals surface area contributed by atoms with Crippen molar-refractivity contribution in [3.05, 3.63) is 51.6 Å². The summed E-state index contributed by atoms with van der Waals surface area (Å²) in [6.07, 6.45) is 1.16. The zero-order valence-electron chi connectivity index (χ0n) is 15.1. The third-order valence-corrected chi connectivity index (χ3v) is 5.39. The van der Waals surface area contributed by atoms with Crippen molar-refractivity contribution in [2.24, 2.45) is 5.16 Å². The van der Waals surface area contributed by atoms with E-state index in [2.05, 4.69) is 5.16 Å². The highest BCUT2D eigenvalue weighted by Gasteiger charge is 2.33. The monoisotopic (exact) mass is 386 g/mol. The molecule has 0 radical (unpaired) electrons. The van der Waals surface area contributed by atoms with Crippen molar-refractivity contribution in [2.45, 2.75) is 26.8 Å². The van der Waals surface area contributed by atoms with Crippen molar-refractivity contribution in [3.63, 3.8) is 0 Å². The van der Waals surface area contributed by atoms with E-state index in [9.17, 15) is 19.9 Å². The van der Waals surface area contributed by atoms with Gasteiger partial charge in [0.15, 0.2) is 5.45 Å². The van der Waals surface area contributed by atoms with Crippen molar-refractivity contribution in [2.75, 3.05) is 20.3 Å². The molecule has 9 nitrogen and oxygen atoms in total. The van der Waals surface area contributed by atoms with Crippen molar-refractivity contribution < 1.29 is 28.5 Å². The lowest BCUT2D eigenvalue weighted by Gasteiger charge is -2.17. The van der Waals surface area contributed by atoms with Crippen LogP contribution in [0.15, 0.2) is 41.1 Å². The molecule has 0 heterocycles. The first-order valence-corrected chi connectivity index (χ1v) is 9.44. The minimum Gasteiger partial charge on any atom is -0.497 e. The average molecular weight is 386 g/mol. The normalized spacial score (nSPS) is 14.2. The third-order valence-electron chi connectivity index (χ3n) is 3.41. The fourth-order valence-electron chi connectivity index (χ4n) is 2.29. The summed E-state index contributed by atoms with van der Waals surface area (Å²) in [5, 5.41) is 23.8. The summed E-state index contributed by atoms with van der Waals surface area (Å²) in [4.78, 5) is 11.1. The van der Waals surface area contributed by atoms with Gasteiger partial charge in [0, 0.05) is 16.1 Å². The van der Waals surface area contributed by atoms with E-state index in [1.165, 1.54) is 14.0 Å². The number of nitro groups is 1. The molecule has 0 saturated heterocycles. The molecule has 0 bridgehead atoms. The highest BCUT2D eigenvalue weighted by molar-refractivity contribution is 7.72. The maximum absolute atomic E-state index is 12.7. The molecular weight excluding hydrogens is 363 g/mol. The van der Waals surface area contributed by atoms with E-state index in [0.717, 1.165) is 6.08 Å². The maximum atomic E-state index is 12.7. The number of hydrogen-bond donors (Lipinski definition) is 1. The number of oxime groups is 1. The molecule has 1 rings (SSSR count). The minimum atomic E-state index is -3.88. The van der Waals surface area contributed by atoms with Crippen LogP contribution in [0.3, 0.4) is 0 Å². The van der Waals surface area contributed by atoms with Gasteiger partial charge >= 0.3 is 7.60 Å². The second kappa shape index (κ2) is 10.1. The van der Waals surface area contributed by atoms with E-state index in [1.54, 1.807) is 38.1 Å². The predicted octanol–water partition coefficient (Wildman–Crippen LogP) is 4.01. The van der Waals surface area contributed by atoms with Crippen molar-refractivity contribution in [1.82, 2.24) is 0 Å². The van der Waals surface area contributed by atoms with Crippen LogP contribution in [0.25, 0.3) is 0 Å². The standard InChI is InChI=1S/C16H23N2O7P/c1-5-24-26(22,25-6-2)15(17-19)11-12(3)16(18(20)21)13-7-9-14(23-4)10-8-13/h7-11,16,19H,5-6H2,1-4H3/b12-11+,17-15-. The van der Waals surface area contributed by atoms with E-state index in [1.807, 2.05) is 0 Å². The summed E-state index contributed by atoms with van der Waals surface area (Å²) >= 11 is 0. The van der Waals surface area contributed by atoms with E-state index >= 15 is 0 Å². The topological polar surface area (TPSA) is 120 Å². The van der Waals surface area contributed by atoms with Gasteiger partial charge in [0.05, 0.1) is 20.3 Å². The first-order valence-electron chi connectivity index (χ1n) is 7.90. The molecule has 1 N–H and O–H groups in total. The van der Waals surface area contributed by atoms with Crippen molar-refractivity contribution >= 4 is 13.0 Å². The van der Waals surface area contributed by atoms with E-state index in [-0.39, 0.29) is 24.2 Å². The van der Waals surface area contributed by atoms with Gasteiger partial charge < -0.3 is 19.0 Å². The van der Waals surface area contributed by atoms with Gasteiger partial charge in [0.1, 0.15) is 5.75 Å². The zero-order valence-corrected chi connectivity index (χ0v) is 16.0. The van der Waals surface area contributed by atoms with Gasteiger partial charge in [-0.3, -0.25) is 14.7 Å². The Morgan fingerprint density at radius 3 is 2.23 bits per heavy atom. The number of rotatable bonds is 10. The average Bonchev–Trinajstić information content (AvgIpc) is 2.60. The highest BCUT2D eigenvalue weighted by Crippen LogP contribution is 2.50. The van der Waals surface area contributed by atoms with Crippen LogP contribution in [0.2, 0.25) is 0 Å². The first kappa shape index (κ1) is 21.8. The Kier molecular flexibility index (Phi) is 8.44. The third kappa shape index (κ3) is 5.39. The first-order chi connectivity index (χ1) is 12.3. The molecular formula is C16H23N2O7P. The highest BCUT2D eigenvalue weighted by atomic mass is 31.2. The smallest absolute Gasteiger partial charge is 0.382 e. The summed E-state index contributed by atoms with van der Waals surface area (Å²) in [6, 6.07) is 5.10. The molecule has 144 valence electrons. The molecule has 10 heteroatoms. The summed E-state index contributed by atoms with van der Waals surface area (Å²) < 4.78 is 28.0. The van der Waals surface area contributed by atoms with Crippen molar-refractivity contribution in [1.29, 1.82) is 0 Å². The van der Waals surface area contributed by atoms with Crippen molar-refractivity contribution in [3.8, 4) is 5.75 Å². The number of hydrogen-bond acceptors (Lipinski definition) is 8. The molecule has 0 spiro atoms. The van der Waals surface area contributed by atoms with Gasteiger partial charge in [-0.1, -0.05) is 5.16 Å².